The first-order valence-corrected chi connectivity index (χ1v) is 10.8. The number of benzene rings is 1. The van der Waals surface area contributed by atoms with Crippen molar-refractivity contribution in [1.29, 1.82) is 0 Å². The standard InChI is InChI=1S/C22H32N6O3.HI/c1-4-30-16(2)21-26-19(31-27-21)14-25-22(23-3)24-13-18-12-20(29)28(15-18)11-10-17-8-6-5-7-9-17;/h5-9,16,18H,4,10-15H2,1-3H3,(H2,23,24,25);1H. The van der Waals surface area contributed by atoms with Gasteiger partial charge in [-0.1, -0.05) is 35.5 Å². The van der Waals surface area contributed by atoms with E-state index in [2.05, 4.69) is 37.9 Å². The Kier molecular flexibility index (Phi) is 10.9. The summed E-state index contributed by atoms with van der Waals surface area (Å²) in [7, 11) is 1.71. The normalized spacial score (nSPS) is 17.2. The van der Waals surface area contributed by atoms with Crippen LogP contribution in [0.2, 0.25) is 0 Å². The average Bonchev–Trinajstić information content (AvgIpc) is 3.40. The molecule has 2 atom stereocenters. The molecule has 1 amide bonds. The first-order chi connectivity index (χ1) is 15.1. The van der Waals surface area contributed by atoms with Gasteiger partial charge >= 0.3 is 0 Å². The molecule has 1 aliphatic rings. The summed E-state index contributed by atoms with van der Waals surface area (Å²) in [6.07, 6.45) is 1.23. The highest BCUT2D eigenvalue weighted by atomic mass is 127. The number of likely N-dealkylation sites (tertiary alicyclic amines) is 1. The Hall–Kier alpha value is -2.21. The van der Waals surface area contributed by atoms with Crippen LogP contribution < -0.4 is 10.6 Å². The Balaban J connectivity index is 0.00000363. The molecule has 0 radical (unpaired) electrons. The number of rotatable bonds is 10. The second-order valence-electron chi connectivity index (χ2n) is 7.60. The van der Waals surface area contributed by atoms with Crippen LogP contribution in [-0.2, 0) is 22.5 Å². The Morgan fingerprint density at radius 3 is 2.84 bits per heavy atom. The zero-order valence-electron chi connectivity index (χ0n) is 18.9. The molecule has 1 aliphatic heterocycles. The first kappa shape index (κ1) is 26.0. The first-order valence-electron chi connectivity index (χ1n) is 10.8. The van der Waals surface area contributed by atoms with Crippen molar-refractivity contribution in [2.24, 2.45) is 10.9 Å². The van der Waals surface area contributed by atoms with Gasteiger partial charge in [0.2, 0.25) is 11.8 Å². The number of hydrogen-bond donors (Lipinski definition) is 2. The molecule has 2 N–H and O–H groups in total. The number of carbonyl (C=O) groups excluding carboxylic acids is 1. The summed E-state index contributed by atoms with van der Waals surface area (Å²) in [5.41, 5.74) is 1.25. The Bertz CT molecular complexity index is 860. The molecule has 2 heterocycles. The number of aliphatic imine (C=N–C) groups is 1. The van der Waals surface area contributed by atoms with Gasteiger partial charge in [-0.3, -0.25) is 9.79 Å². The lowest BCUT2D eigenvalue weighted by Gasteiger charge is -2.17. The van der Waals surface area contributed by atoms with Crippen LogP contribution in [0.3, 0.4) is 0 Å². The van der Waals surface area contributed by atoms with E-state index in [4.69, 9.17) is 9.26 Å². The number of halogens is 1. The summed E-state index contributed by atoms with van der Waals surface area (Å²) in [6.45, 7) is 6.95. The molecule has 2 aromatic rings. The molecule has 0 spiro atoms. The van der Waals surface area contributed by atoms with Crippen molar-refractivity contribution < 1.29 is 14.1 Å². The summed E-state index contributed by atoms with van der Waals surface area (Å²) in [4.78, 5) is 22.9. The summed E-state index contributed by atoms with van der Waals surface area (Å²) >= 11 is 0. The molecule has 9 nitrogen and oxygen atoms in total. The Labute approximate surface area is 206 Å². The third-order valence-corrected chi connectivity index (χ3v) is 5.26. The fraction of sp³-hybridized carbons (Fsp3) is 0.545. The number of carbonyl (C=O) groups is 1. The minimum Gasteiger partial charge on any atom is -0.371 e. The lowest BCUT2D eigenvalue weighted by atomic mass is 10.1. The van der Waals surface area contributed by atoms with E-state index in [1.54, 1.807) is 7.05 Å². The molecule has 2 unspecified atom stereocenters. The maximum atomic E-state index is 12.3. The van der Waals surface area contributed by atoms with Crippen LogP contribution in [0.5, 0.6) is 0 Å². The molecule has 0 saturated carbocycles. The van der Waals surface area contributed by atoms with Gasteiger partial charge in [0.15, 0.2) is 11.8 Å². The summed E-state index contributed by atoms with van der Waals surface area (Å²) in [5.74, 6) is 2.10. The number of nitrogens with one attached hydrogen (secondary N) is 2. The van der Waals surface area contributed by atoms with Crippen LogP contribution >= 0.6 is 24.0 Å². The maximum absolute atomic E-state index is 12.3. The van der Waals surface area contributed by atoms with E-state index in [1.807, 2.05) is 36.9 Å². The van der Waals surface area contributed by atoms with Crippen molar-refractivity contribution in [3.05, 3.63) is 47.6 Å². The van der Waals surface area contributed by atoms with E-state index in [1.165, 1.54) is 5.56 Å². The highest BCUT2D eigenvalue weighted by Gasteiger charge is 2.29. The molecule has 32 heavy (non-hydrogen) atoms. The molecule has 3 rings (SSSR count). The largest absolute Gasteiger partial charge is 0.371 e. The smallest absolute Gasteiger partial charge is 0.246 e. The molecule has 0 bridgehead atoms. The van der Waals surface area contributed by atoms with Gasteiger partial charge in [-0.05, 0) is 25.8 Å². The van der Waals surface area contributed by atoms with E-state index < -0.39 is 0 Å². The van der Waals surface area contributed by atoms with E-state index in [-0.39, 0.29) is 41.9 Å². The van der Waals surface area contributed by atoms with Crippen molar-refractivity contribution >= 4 is 35.8 Å². The lowest BCUT2D eigenvalue weighted by molar-refractivity contribution is -0.127. The number of amides is 1. The SMILES string of the molecule is CCOC(C)c1noc(CNC(=NC)NCC2CC(=O)N(CCc3ccccc3)C2)n1.I. The quantitative estimate of drug-likeness (QED) is 0.263. The molecule has 10 heteroatoms. The van der Waals surface area contributed by atoms with Crippen LogP contribution in [-0.4, -0.2) is 60.2 Å². The fourth-order valence-corrected chi connectivity index (χ4v) is 3.57. The van der Waals surface area contributed by atoms with Crippen molar-refractivity contribution in [3.8, 4) is 0 Å². The molecular formula is C22H33IN6O3. The highest BCUT2D eigenvalue weighted by molar-refractivity contribution is 14.0. The van der Waals surface area contributed by atoms with E-state index in [9.17, 15) is 4.79 Å². The average molecular weight is 556 g/mol. The second kappa shape index (κ2) is 13.4. The third-order valence-electron chi connectivity index (χ3n) is 5.26. The van der Waals surface area contributed by atoms with Crippen molar-refractivity contribution in [2.45, 2.75) is 39.3 Å². The summed E-state index contributed by atoms with van der Waals surface area (Å²) in [5, 5.41) is 10.4. The van der Waals surface area contributed by atoms with Crippen molar-refractivity contribution in [2.75, 3.05) is 33.3 Å². The molecule has 1 fully saturated rings. The number of aromatic nitrogens is 2. The fourth-order valence-electron chi connectivity index (χ4n) is 3.57. The molecular weight excluding hydrogens is 523 g/mol. The van der Waals surface area contributed by atoms with Gasteiger partial charge in [0.25, 0.3) is 0 Å². The summed E-state index contributed by atoms with van der Waals surface area (Å²) in [6, 6.07) is 10.3. The minimum atomic E-state index is -0.204. The molecule has 176 valence electrons. The number of ether oxygens (including phenoxy) is 1. The van der Waals surface area contributed by atoms with Gasteiger partial charge in [-0.2, -0.15) is 4.98 Å². The molecule has 1 aromatic carbocycles. The predicted molar refractivity (Wildman–Crippen MR) is 133 cm³/mol. The number of nitrogens with zero attached hydrogens (tertiary/aromatic N) is 4. The Morgan fingerprint density at radius 1 is 1.34 bits per heavy atom. The van der Waals surface area contributed by atoms with Gasteiger partial charge in [0, 0.05) is 45.6 Å². The van der Waals surface area contributed by atoms with Crippen molar-refractivity contribution in [1.82, 2.24) is 25.7 Å². The predicted octanol–water partition coefficient (Wildman–Crippen LogP) is 2.54. The molecule has 0 aliphatic carbocycles. The van der Waals surface area contributed by atoms with Gasteiger partial charge in [0.1, 0.15) is 6.10 Å². The van der Waals surface area contributed by atoms with E-state index >= 15 is 0 Å². The minimum absolute atomic E-state index is 0. The Morgan fingerprint density at radius 2 is 2.12 bits per heavy atom. The monoisotopic (exact) mass is 556 g/mol. The highest BCUT2D eigenvalue weighted by Crippen LogP contribution is 2.17. The van der Waals surface area contributed by atoms with E-state index in [0.29, 0.717) is 43.8 Å². The number of hydrogen-bond acceptors (Lipinski definition) is 6. The lowest BCUT2D eigenvalue weighted by Crippen LogP contribution is -2.40. The summed E-state index contributed by atoms with van der Waals surface area (Å²) < 4.78 is 10.7. The van der Waals surface area contributed by atoms with E-state index in [0.717, 1.165) is 19.5 Å². The zero-order chi connectivity index (χ0) is 22.1. The van der Waals surface area contributed by atoms with Crippen molar-refractivity contribution in [3.63, 3.8) is 0 Å². The molecule has 1 saturated heterocycles. The number of guanidine groups is 1. The zero-order valence-corrected chi connectivity index (χ0v) is 21.2. The molecule has 1 aromatic heterocycles. The maximum Gasteiger partial charge on any atom is 0.246 e. The van der Waals surface area contributed by atoms with Gasteiger partial charge in [-0.25, -0.2) is 0 Å². The van der Waals surface area contributed by atoms with Gasteiger partial charge < -0.3 is 24.8 Å². The van der Waals surface area contributed by atoms with Crippen LogP contribution in [0.25, 0.3) is 0 Å². The van der Waals surface area contributed by atoms with Crippen LogP contribution in [0, 0.1) is 5.92 Å². The van der Waals surface area contributed by atoms with Crippen LogP contribution in [0.15, 0.2) is 39.8 Å². The topological polar surface area (TPSA) is 105 Å². The second-order valence-corrected chi connectivity index (χ2v) is 7.60. The van der Waals surface area contributed by atoms with Crippen LogP contribution in [0.1, 0.15) is 43.7 Å². The van der Waals surface area contributed by atoms with Gasteiger partial charge in [-0.15, -0.1) is 24.0 Å². The van der Waals surface area contributed by atoms with Crippen LogP contribution in [0.4, 0.5) is 0 Å². The third kappa shape index (κ3) is 7.73. The van der Waals surface area contributed by atoms with Gasteiger partial charge in [0.05, 0.1) is 6.54 Å².